The Labute approximate surface area is 708 Å². The van der Waals surface area contributed by atoms with Gasteiger partial charge in [0.25, 0.3) is 0 Å². The third-order valence-electron chi connectivity index (χ3n) is 25.9. The highest BCUT2D eigenvalue weighted by molar-refractivity contribution is 6.24. The van der Waals surface area contributed by atoms with Gasteiger partial charge in [0.2, 0.25) is 0 Å². The normalized spacial score (nSPS) is 12.1. The van der Waals surface area contributed by atoms with Gasteiger partial charge in [-0.1, -0.05) is 315 Å². The van der Waals surface area contributed by atoms with Crippen molar-refractivity contribution in [3.05, 3.63) is 253 Å². The van der Waals surface area contributed by atoms with E-state index in [1.165, 1.54) is 184 Å². The molecule has 0 fully saturated rings. The Morgan fingerprint density at radius 2 is 0.558 bits per heavy atom. The number of rotatable bonds is 37. The smallest absolute Gasteiger partial charge is 0.145 e. The van der Waals surface area contributed by atoms with Crippen LogP contribution in [-0.4, -0.2) is 42.0 Å². The third kappa shape index (κ3) is 15.7. The predicted octanol–water partition coefficient (Wildman–Crippen LogP) is 32.0. The van der Waals surface area contributed by atoms with Crippen LogP contribution in [0.15, 0.2) is 231 Å². The van der Waals surface area contributed by atoms with Crippen LogP contribution in [-0.2, 0) is 25.7 Å². The highest BCUT2D eigenvalue weighted by Crippen LogP contribution is 2.51. The average Bonchev–Trinajstić information content (AvgIpc) is 1.53. The molecular weight excluding hydrogens is 1460 g/mol. The lowest BCUT2D eigenvalue weighted by Crippen LogP contribution is -2.05. The summed E-state index contributed by atoms with van der Waals surface area (Å²) in [5, 5.41) is 17.1. The standard InChI is InChI=1S/C112H116N6O2/c1-7-13-19-21-23-41-63-119-83-71-99(81-59-61-93-103(69-81)117-109(107(93)105-85-49-35-29-43-75(85)65-76-44-30-36-50-86(76)105)91(55-27-17-11-5)89(53-25-15-9-3)95-67-79-47-33-39-57-97(79)115-111(95)117)113-101(73-83)102-74-84(120-64-42-24-22-20-14-8-2)72-100(114-102)82-60-62-94-104(70-82)118-110(108(94)106-87-51-37-31-45-77(87)66-78-46-32-38-52-88(78)106)92(56-28-18-12-6)90(54-26-16-10-4)96-68-80-48-34-40-58-98(80)116-112(96)118/h29-40,43-52,57-62,65-74H,7-28,41-42,53-56,63-64H2,1-6H3. The van der Waals surface area contributed by atoms with Gasteiger partial charge in [-0.2, -0.15) is 0 Å². The molecule has 8 aromatic heterocycles. The number of benzene rings is 10. The number of hydrogen-bond acceptors (Lipinski definition) is 6. The topological polar surface area (TPSA) is 78.8 Å². The second-order valence-corrected chi connectivity index (χ2v) is 34.2. The number of ether oxygens (including phenoxy) is 2. The van der Waals surface area contributed by atoms with Crippen molar-refractivity contribution >= 4 is 120 Å². The SMILES string of the molecule is CCCCCCCCOc1cc(-c2ccc3c(-c4c5ccccc5cc5ccccc45)c4c(CCCCC)c(CCCCC)c5cc6ccccc6nc5n4c3c2)nc(-c2cc(OCCCCCCCC)cc(-c3ccc4c(-c5c6ccccc6cc6ccccc56)c5c(CCCCC)c(CCCCC)c6cc7ccccc7nc6n5c4c3)n2)c1. The summed E-state index contributed by atoms with van der Waals surface area (Å²) >= 11 is 0. The molecule has 8 heteroatoms. The van der Waals surface area contributed by atoms with Crippen LogP contribution in [0.4, 0.5) is 0 Å². The van der Waals surface area contributed by atoms with Crippen LogP contribution in [0.3, 0.4) is 0 Å². The zero-order valence-corrected chi connectivity index (χ0v) is 71.7. The molecule has 0 atom stereocenters. The molecule has 0 aliphatic heterocycles. The fraction of sp³-hybridized carbons (Fsp3) is 0.321. The van der Waals surface area contributed by atoms with E-state index in [1.807, 2.05) is 0 Å². The van der Waals surface area contributed by atoms with Crippen LogP contribution in [0.5, 0.6) is 11.5 Å². The van der Waals surface area contributed by atoms with Gasteiger partial charge in [0.15, 0.2) is 0 Å². The van der Waals surface area contributed by atoms with Crippen molar-refractivity contribution in [1.29, 1.82) is 0 Å². The summed E-state index contributed by atoms with van der Waals surface area (Å²) in [6, 6.07) is 86.5. The fourth-order valence-corrected chi connectivity index (χ4v) is 19.8. The number of fused-ring (bicyclic) bond motifs is 16. The van der Waals surface area contributed by atoms with Gasteiger partial charge in [0.1, 0.15) is 22.8 Å². The number of hydrogen-bond donors (Lipinski definition) is 0. The molecule has 0 spiro atoms. The summed E-state index contributed by atoms with van der Waals surface area (Å²) in [6.07, 6.45) is 31.5. The monoisotopic (exact) mass is 1580 g/mol. The van der Waals surface area contributed by atoms with Crippen molar-refractivity contribution in [2.75, 3.05) is 13.2 Å². The summed E-state index contributed by atoms with van der Waals surface area (Å²) in [4.78, 5) is 23.5. The van der Waals surface area contributed by atoms with Crippen LogP contribution in [0.1, 0.15) is 218 Å². The molecule has 0 aliphatic carbocycles. The van der Waals surface area contributed by atoms with Crippen LogP contribution in [0, 0.1) is 0 Å². The average molecular weight is 1580 g/mol. The van der Waals surface area contributed by atoms with Crippen molar-refractivity contribution in [3.63, 3.8) is 0 Å². The van der Waals surface area contributed by atoms with Gasteiger partial charge in [-0.25, -0.2) is 19.9 Å². The number of aromatic nitrogens is 6. The van der Waals surface area contributed by atoms with Gasteiger partial charge in [-0.15, -0.1) is 0 Å². The van der Waals surface area contributed by atoms with E-state index >= 15 is 0 Å². The number of nitrogens with zero attached hydrogens (tertiary/aromatic N) is 6. The van der Waals surface area contributed by atoms with Crippen LogP contribution < -0.4 is 9.47 Å². The van der Waals surface area contributed by atoms with Gasteiger partial charge < -0.3 is 9.47 Å². The van der Waals surface area contributed by atoms with E-state index < -0.39 is 0 Å². The molecule has 18 rings (SSSR count). The molecule has 606 valence electrons. The maximum Gasteiger partial charge on any atom is 0.145 e. The minimum Gasteiger partial charge on any atom is -0.493 e. The molecule has 0 saturated heterocycles. The molecular formula is C112H116N6O2. The zero-order chi connectivity index (χ0) is 81.4. The summed E-state index contributed by atoms with van der Waals surface area (Å²) in [5.74, 6) is 1.54. The second-order valence-electron chi connectivity index (χ2n) is 34.2. The van der Waals surface area contributed by atoms with Crippen molar-refractivity contribution in [1.82, 2.24) is 28.7 Å². The van der Waals surface area contributed by atoms with E-state index in [0.717, 1.165) is 205 Å². The van der Waals surface area contributed by atoms with Gasteiger partial charge in [0, 0.05) is 90.0 Å². The number of unbranched alkanes of at least 4 members (excludes halogenated alkanes) is 18. The van der Waals surface area contributed by atoms with Crippen LogP contribution in [0.2, 0.25) is 0 Å². The van der Waals surface area contributed by atoms with Crippen LogP contribution >= 0.6 is 0 Å². The molecule has 0 aliphatic rings. The molecule has 0 saturated carbocycles. The van der Waals surface area contributed by atoms with Crippen molar-refractivity contribution in [2.24, 2.45) is 0 Å². The first kappa shape index (κ1) is 79.6. The molecule has 0 unspecified atom stereocenters. The maximum atomic E-state index is 7.11. The molecule has 0 bridgehead atoms. The Hall–Kier alpha value is -11.5. The first-order valence-corrected chi connectivity index (χ1v) is 46.1. The largest absolute Gasteiger partial charge is 0.493 e. The summed E-state index contributed by atoms with van der Waals surface area (Å²) in [6.45, 7) is 15.1. The van der Waals surface area contributed by atoms with Gasteiger partial charge in [-0.3, -0.25) is 8.80 Å². The van der Waals surface area contributed by atoms with Gasteiger partial charge >= 0.3 is 0 Å². The van der Waals surface area contributed by atoms with E-state index in [4.69, 9.17) is 29.4 Å². The van der Waals surface area contributed by atoms with E-state index in [1.54, 1.807) is 0 Å². The maximum absolute atomic E-state index is 7.11. The van der Waals surface area contributed by atoms with Gasteiger partial charge in [0.05, 0.1) is 69.1 Å². The Kier molecular flexibility index (Phi) is 24.3. The van der Waals surface area contributed by atoms with Crippen molar-refractivity contribution < 1.29 is 9.47 Å². The third-order valence-corrected chi connectivity index (χ3v) is 25.9. The molecule has 8 nitrogen and oxygen atoms in total. The predicted molar refractivity (Wildman–Crippen MR) is 512 cm³/mol. The molecule has 8 heterocycles. The number of pyridine rings is 6. The lowest BCUT2D eigenvalue weighted by molar-refractivity contribution is 0.303. The highest BCUT2D eigenvalue weighted by Gasteiger charge is 2.30. The summed E-state index contributed by atoms with van der Waals surface area (Å²) < 4.78 is 19.4. The molecule has 120 heavy (non-hydrogen) atoms. The summed E-state index contributed by atoms with van der Waals surface area (Å²) in [7, 11) is 0. The molecule has 0 N–H and O–H groups in total. The fourth-order valence-electron chi connectivity index (χ4n) is 19.8. The first-order valence-electron chi connectivity index (χ1n) is 46.1. The molecule has 0 radical (unpaired) electrons. The van der Waals surface area contributed by atoms with Crippen LogP contribution in [0.25, 0.3) is 176 Å². The second kappa shape index (κ2) is 36.6. The van der Waals surface area contributed by atoms with E-state index in [9.17, 15) is 0 Å². The van der Waals surface area contributed by atoms with Crippen molar-refractivity contribution in [3.8, 4) is 67.7 Å². The minimum atomic E-state index is 0.592. The lowest BCUT2D eigenvalue weighted by atomic mass is 9.87. The molecule has 18 aromatic rings. The Morgan fingerprint density at radius 3 is 0.933 bits per heavy atom. The highest BCUT2D eigenvalue weighted by atomic mass is 16.5. The zero-order valence-electron chi connectivity index (χ0n) is 71.7. The van der Waals surface area contributed by atoms with E-state index in [2.05, 4.69) is 281 Å². The quantitative estimate of drug-likeness (QED) is 0.0285. The molecule has 10 aromatic carbocycles. The molecule has 0 amide bonds. The Bertz CT molecular complexity index is 6280. The number of para-hydroxylation sites is 2. The van der Waals surface area contributed by atoms with Gasteiger partial charge in [-0.05, 0) is 178 Å². The number of aryl methyl sites for hydroxylation is 4. The minimum absolute atomic E-state index is 0.592. The van der Waals surface area contributed by atoms with E-state index in [-0.39, 0.29) is 0 Å². The lowest BCUT2D eigenvalue weighted by Gasteiger charge is -2.20. The Morgan fingerprint density at radius 1 is 0.242 bits per heavy atom. The van der Waals surface area contributed by atoms with E-state index in [0.29, 0.717) is 13.2 Å². The first-order chi connectivity index (χ1) is 59.3. The summed E-state index contributed by atoms with van der Waals surface area (Å²) in [5.41, 5.74) is 24.6. The Balaban J connectivity index is 0.887. The van der Waals surface area contributed by atoms with Crippen molar-refractivity contribution in [2.45, 2.75) is 221 Å².